The van der Waals surface area contributed by atoms with Crippen molar-refractivity contribution in [1.82, 2.24) is 10.0 Å². The number of nitrogens with zero attached hydrogens (tertiary/aromatic N) is 2. The van der Waals surface area contributed by atoms with Gasteiger partial charge in [0.2, 0.25) is 12.7 Å². The van der Waals surface area contributed by atoms with E-state index in [1.54, 1.807) is 18.2 Å². The van der Waals surface area contributed by atoms with Gasteiger partial charge in [-0.2, -0.15) is 0 Å². The molecule has 2 aliphatic heterocycles. The molecule has 2 N–H and O–H groups in total. The number of nitrogens with two attached hydrogens (primary N) is 1. The summed E-state index contributed by atoms with van der Waals surface area (Å²) in [4.78, 5) is 26.3. The van der Waals surface area contributed by atoms with Gasteiger partial charge in [0.15, 0.2) is 23.1 Å². The Kier molecular flexibility index (Phi) is 8.27. The zero-order valence-electron chi connectivity index (χ0n) is 18.3. The summed E-state index contributed by atoms with van der Waals surface area (Å²) in [7, 11) is 0. The highest BCUT2D eigenvalue weighted by molar-refractivity contribution is 5.96. The van der Waals surface area contributed by atoms with Crippen LogP contribution in [0.2, 0.25) is 0 Å². The molecule has 0 radical (unpaired) electrons. The van der Waals surface area contributed by atoms with E-state index >= 15 is 0 Å². The van der Waals surface area contributed by atoms with E-state index in [1.165, 1.54) is 10.0 Å². The van der Waals surface area contributed by atoms with E-state index in [2.05, 4.69) is 0 Å². The van der Waals surface area contributed by atoms with Crippen LogP contribution in [-0.2, 0) is 11.2 Å². The number of rotatable bonds is 5. The third-order valence-electron chi connectivity index (χ3n) is 5.68. The van der Waals surface area contributed by atoms with Gasteiger partial charge in [0, 0.05) is 37.2 Å². The number of benzene rings is 2. The molecule has 2 aliphatic rings. The van der Waals surface area contributed by atoms with Gasteiger partial charge in [0.25, 0.3) is 5.91 Å². The SMILES string of the molecule is Cl.NC(CC(=O)N1CCCCCN1C(=O)c1ccc2c(c1)OCO2)Cc1cc(F)c(F)cc1F. The number of hydrogen-bond donors (Lipinski definition) is 1. The summed E-state index contributed by atoms with van der Waals surface area (Å²) >= 11 is 0. The van der Waals surface area contributed by atoms with Crippen molar-refractivity contribution in [3.05, 3.63) is 58.9 Å². The fourth-order valence-electron chi connectivity index (χ4n) is 3.99. The van der Waals surface area contributed by atoms with Crippen LogP contribution in [0, 0.1) is 17.5 Å². The van der Waals surface area contributed by atoms with Crippen LogP contribution in [0.15, 0.2) is 30.3 Å². The lowest BCUT2D eigenvalue weighted by Gasteiger charge is -2.34. The Hall–Kier alpha value is -2.98. The second-order valence-electron chi connectivity index (χ2n) is 8.10. The van der Waals surface area contributed by atoms with Crippen LogP contribution in [0.25, 0.3) is 0 Å². The number of hydrazine groups is 1. The Morgan fingerprint density at radius 1 is 0.912 bits per heavy atom. The first kappa shape index (κ1) is 25.6. The summed E-state index contributed by atoms with van der Waals surface area (Å²) in [5, 5.41) is 2.78. The summed E-state index contributed by atoms with van der Waals surface area (Å²) < 4.78 is 51.2. The standard InChI is InChI=1S/C23H24F3N3O4.ClH/c24-17-12-19(26)18(25)9-15(17)8-16(27)11-22(30)28-6-2-1-3-7-29(28)23(31)14-4-5-20-21(10-14)33-13-32-20;/h4-5,9-10,12,16H,1-3,6-8,11,13,27H2;1H. The van der Waals surface area contributed by atoms with Crippen LogP contribution < -0.4 is 15.2 Å². The van der Waals surface area contributed by atoms with Gasteiger partial charge in [-0.15, -0.1) is 12.4 Å². The first-order valence-electron chi connectivity index (χ1n) is 10.7. The quantitative estimate of drug-likeness (QED) is 0.636. The lowest BCUT2D eigenvalue weighted by molar-refractivity contribution is -0.144. The molecule has 0 bridgehead atoms. The molecule has 1 saturated heterocycles. The normalized spacial score (nSPS) is 16.0. The van der Waals surface area contributed by atoms with Crippen LogP contribution in [0.4, 0.5) is 13.2 Å². The first-order chi connectivity index (χ1) is 15.8. The molecule has 2 heterocycles. The first-order valence-corrected chi connectivity index (χ1v) is 10.7. The molecule has 2 aromatic carbocycles. The highest BCUT2D eigenvalue weighted by Crippen LogP contribution is 2.33. The molecule has 2 aromatic rings. The third-order valence-corrected chi connectivity index (χ3v) is 5.68. The number of amides is 2. The summed E-state index contributed by atoms with van der Waals surface area (Å²) in [6.45, 7) is 0.769. The average Bonchev–Trinajstić information content (AvgIpc) is 3.11. The van der Waals surface area contributed by atoms with Gasteiger partial charge in [-0.3, -0.25) is 14.6 Å². The maximum atomic E-state index is 14.0. The molecule has 184 valence electrons. The van der Waals surface area contributed by atoms with Crippen molar-refractivity contribution in [2.24, 2.45) is 5.73 Å². The Morgan fingerprint density at radius 2 is 1.59 bits per heavy atom. The molecule has 1 unspecified atom stereocenters. The summed E-state index contributed by atoms with van der Waals surface area (Å²) in [5.74, 6) is -3.15. The summed E-state index contributed by atoms with van der Waals surface area (Å²) in [6.07, 6.45) is 1.94. The van der Waals surface area contributed by atoms with E-state index in [4.69, 9.17) is 15.2 Å². The molecular formula is C23H25ClF3N3O4. The third kappa shape index (κ3) is 5.56. The molecule has 1 atom stereocenters. The second-order valence-corrected chi connectivity index (χ2v) is 8.10. The summed E-state index contributed by atoms with van der Waals surface area (Å²) in [6, 6.07) is 5.20. The molecular weight excluding hydrogens is 475 g/mol. The van der Waals surface area contributed by atoms with E-state index in [-0.39, 0.29) is 43.5 Å². The second kappa shape index (κ2) is 11.0. The van der Waals surface area contributed by atoms with Crippen molar-refractivity contribution in [2.75, 3.05) is 19.9 Å². The number of hydrogen-bond acceptors (Lipinski definition) is 5. The van der Waals surface area contributed by atoms with Gasteiger partial charge in [0.1, 0.15) is 5.82 Å². The number of carbonyl (C=O) groups is 2. The van der Waals surface area contributed by atoms with Crippen molar-refractivity contribution in [2.45, 2.75) is 38.1 Å². The van der Waals surface area contributed by atoms with Gasteiger partial charge in [-0.1, -0.05) is 0 Å². The molecule has 11 heteroatoms. The largest absolute Gasteiger partial charge is 0.454 e. The summed E-state index contributed by atoms with van der Waals surface area (Å²) in [5.41, 5.74) is 6.28. The highest BCUT2D eigenvalue weighted by Gasteiger charge is 2.30. The van der Waals surface area contributed by atoms with E-state index in [9.17, 15) is 22.8 Å². The fraction of sp³-hybridized carbons (Fsp3) is 0.391. The lowest BCUT2D eigenvalue weighted by atomic mass is 10.0. The van der Waals surface area contributed by atoms with Crippen LogP contribution in [-0.4, -0.2) is 47.8 Å². The highest BCUT2D eigenvalue weighted by atomic mass is 35.5. The molecule has 4 rings (SSSR count). The van der Waals surface area contributed by atoms with Crippen molar-refractivity contribution in [1.29, 1.82) is 0 Å². The molecule has 7 nitrogen and oxygen atoms in total. The Labute approximate surface area is 201 Å². The average molecular weight is 500 g/mol. The van der Waals surface area contributed by atoms with E-state index < -0.39 is 29.4 Å². The number of halogens is 4. The molecule has 34 heavy (non-hydrogen) atoms. The van der Waals surface area contributed by atoms with Gasteiger partial charge in [-0.05, 0) is 55.5 Å². The predicted octanol–water partition coefficient (Wildman–Crippen LogP) is 3.58. The van der Waals surface area contributed by atoms with Crippen molar-refractivity contribution in [3.8, 4) is 11.5 Å². The molecule has 1 fully saturated rings. The van der Waals surface area contributed by atoms with Gasteiger partial charge in [-0.25, -0.2) is 18.2 Å². The van der Waals surface area contributed by atoms with Gasteiger partial charge in [0.05, 0.1) is 0 Å². The zero-order valence-corrected chi connectivity index (χ0v) is 19.1. The Morgan fingerprint density at radius 3 is 2.35 bits per heavy atom. The maximum Gasteiger partial charge on any atom is 0.272 e. The van der Waals surface area contributed by atoms with Gasteiger partial charge < -0.3 is 15.2 Å². The van der Waals surface area contributed by atoms with Crippen LogP contribution in [0.1, 0.15) is 41.6 Å². The zero-order chi connectivity index (χ0) is 23.5. The van der Waals surface area contributed by atoms with E-state index in [0.29, 0.717) is 42.6 Å². The molecule has 0 spiro atoms. The fourth-order valence-corrected chi connectivity index (χ4v) is 3.99. The molecule has 0 saturated carbocycles. The van der Waals surface area contributed by atoms with Crippen molar-refractivity contribution in [3.63, 3.8) is 0 Å². The minimum atomic E-state index is -1.29. The van der Waals surface area contributed by atoms with Gasteiger partial charge >= 0.3 is 0 Å². The molecule has 0 aliphatic carbocycles. The smallest absolute Gasteiger partial charge is 0.272 e. The van der Waals surface area contributed by atoms with E-state index in [0.717, 1.165) is 18.9 Å². The maximum absolute atomic E-state index is 14.0. The molecule has 2 amide bonds. The van der Waals surface area contributed by atoms with E-state index in [1.807, 2.05) is 0 Å². The number of carbonyl (C=O) groups excluding carboxylic acids is 2. The van der Waals surface area contributed by atoms with Crippen molar-refractivity contribution >= 4 is 24.2 Å². The predicted molar refractivity (Wildman–Crippen MR) is 119 cm³/mol. The van der Waals surface area contributed by atoms with Crippen molar-refractivity contribution < 1.29 is 32.2 Å². The van der Waals surface area contributed by atoms with Crippen LogP contribution in [0.5, 0.6) is 11.5 Å². The Balaban J connectivity index is 0.00000324. The van der Waals surface area contributed by atoms with Crippen LogP contribution in [0.3, 0.4) is 0 Å². The monoisotopic (exact) mass is 499 g/mol. The minimum Gasteiger partial charge on any atom is -0.454 e. The Bertz CT molecular complexity index is 1070. The number of ether oxygens (including phenoxy) is 2. The van der Waals surface area contributed by atoms with Crippen LogP contribution >= 0.6 is 12.4 Å². The minimum absolute atomic E-state index is 0. The topological polar surface area (TPSA) is 85.1 Å². The number of fused-ring (bicyclic) bond motifs is 1. The molecule has 0 aromatic heterocycles. The lowest BCUT2D eigenvalue weighted by Crippen LogP contribution is -2.50.